The Morgan fingerprint density at radius 2 is 1.68 bits per heavy atom. The molecule has 0 bridgehead atoms. The highest BCUT2D eigenvalue weighted by atomic mass is 19.4. The normalized spacial score (nSPS) is 23.0. The number of esters is 1. The maximum absolute atomic E-state index is 16.1. The van der Waals surface area contributed by atoms with Crippen LogP contribution in [0.4, 0.5) is 30.7 Å². The quantitative estimate of drug-likeness (QED) is 0.248. The van der Waals surface area contributed by atoms with Crippen LogP contribution in [0.15, 0.2) is 36.4 Å². The number of benzene rings is 2. The topological polar surface area (TPSA) is 38.8 Å². The molecule has 224 valence electrons. The first kappa shape index (κ1) is 29.7. The summed E-state index contributed by atoms with van der Waals surface area (Å²) in [5.41, 5.74) is -2.97. The molecule has 4 nitrogen and oxygen atoms in total. The lowest BCUT2D eigenvalue weighted by Gasteiger charge is -2.51. The largest absolute Gasteiger partial charge is 0.487 e. The second-order valence-electron chi connectivity index (χ2n) is 11.6. The minimum absolute atomic E-state index is 0.0635. The van der Waals surface area contributed by atoms with Crippen LogP contribution in [0.2, 0.25) is 0 Å². The summed E-state index contributed by atoms with van der Waals surface area (Å²) in [5.74, 6) is 0.123. The highest BCUT2D eigenvalue weighted by molar-refractivity contribution is 5.73. The van der Waals surface area contributed by atoms with Gasteiger partial charge in [0.15, 0.2) is 5.67 Å². The first-order valence-corrected chi connectivity index (χ1v) is 13.7. The first-order chi connectivity index (χ1) is 19.1. The maximum atomic E-state index is 16.1. The third kappa shape index (κ3) is 5.79. The molecule has 5 rings (SSSR count). The molecular weight excluding hydrogens is 555 g/mol. The van der Waals surface area contributed by atoms with Gasteiger partial charge in [0.1, 0.15) is 11.9 Å². The van der Waals surface area contributed by atoms with Gasteiger partial charge in [-0.15, -0.1) is 0 Å². The summed E-state index contributed by atoms with van der Waals surface area (Å²) in [6, 6.07) is 6.00. The third-order valence-corrected chi connectivity index (χ3v) is 8.85. The van der Waals surface area contributed by atoms with Crippen molar-refractivity contribution in [3.05, 3.63) is 64.2 Å². The number of carbonyl (C=O) groups is 1. The van der Waals surface area contributed by atoms with Gasteiger partial charge in [0.25, 0.3) is 0 Å². The number of halogens is 7. The molecule has 0 aromatic heterocycles. The first-order valence-electron chi connectivity index (χ1n) is 13.7. The zero-order valence-corrected chi connectivity index (χ0v) is 22.9. The van der Waals surface area contributed by atoms with Gasteiger partial charge in [0, 0.05) is 19.1 Å². The average Bonchev–Trinajstić information content (AvgIpc) is 3.73. The molecule has 0 amide bonds. The van der Waals surface area contributed by atoms with Crippen molar-refractivity contribution in [2.75, 3.05) is 20.2 Å². The van der Waals surface area contributed by atoms with Crippen LogP contribution in [0, 0.1) is 11.8 Å². The Bertz CT molecular complexity index is 1300. The number of nitrogens with zero attached hydrogens (tertiary/aromatic N) is 1. The molecule has 3 aliphatic rings. The number of rotatable bonds is 7. The van der Waals surface area contributed by atoms with E-state index in [1.54, 1.807) is 0 Å². The van der Waals surface area contributed by atoms with Crippen LogP contribution in [0.3, 0.4) is 0 Å². The molecule has 2 aromatic carbocycles. The van der Waals surface area contributed by atoms with Crippen molar-refractivity contribution in [1.29, 1.82) is 0 Å². The lowest BCUT2D eigenvalue weighted by atomic mass is 9.81. The summed E-state index contributed by atoms with van der Waals surface area (Å²) in [5, 5.41) is 0. The number of fused-ring (bicyclic) bond motifs is 1. The maximum Gasteiger partial charge on any atom is 0.416 e. The highest BCUT2D eigenvalue weighted by Crippen LogP contribution is 2.49. The second-order valence-corrected chi connectivity index (χ2v) is 11.6. The Morgan fingerprint density at radius 3 is 2.27 bits per heavy atom. The molecule has 4 unspecified atom stereocenters. The summed E-state index contributed by atoms with van der Waals surface area (Å²) in [7, 11) is 1.35. The number of ether oxygens (including phenoxy) is 2. The molecule has 2 aromatic rings. The van der Waals surface area contributed by atoms with E-state index in [1.807, 2.05) is 25.1 Å². The van der Waals surface area contributed by atoms with Crippen molar-refractivity contribution in [2.45, 2.75) is 75.6 Å². The molecule has 2 fully saturated rings. The Kier molecular flexibility index (Phi) is 7.58. The Labute approximate surface area is 233 Å². The smallest absolute Gasteiger partial charge is 0.416 e. The second kappa shape index (κ2) is 10.5. The van der Waals surface area contributed by atoms with Crippen molar-refractivity contribution in [1.82, 2.24) is 4.90 Å². The zero-order valence-electron chi connectivity index (χ0n) is 22.9. The Morgan fingerprint density at radius 1 is 1.00 bits per heavy atom. The van der Waals surface area contributed by atoms with Crippen LogP contribution in [-0.4, -0.2) is 42.8 Å². The predicted molar refractivity (Wildman–Crippen MR) is 136 cm³/mol. The molecule has 0 spiro atoms. The standard InChI is InChI=1S/C30H32F7NO3/c1-16(27(39)40-3)26(19-5-6-19)20-7-4-18-8-11-25(41-24(18)12-20)28(31)14-38(15-28)17(2)22-13-21(29(32,33)34)9-10-23(22)30(35,36)37/h4,7,9-10,12-13,16-17,19,25-26H,5-6,8,11,14-15H2,1-3H3. The SMILES string of the molecule is COC(=O)C(C)C(c1ccc2c(c1)OC(C1(F)CN(C(C)c3cc(C(F)(F)F)ccc3C(F)(F)F)C1)CC2)C1CC1. The van der Waals surface area contributed by atoms with Crippen molar-refractivity contribution in [3.63, 3.8) is 0 Å². The molecule has 11 heteroatoms. The number of carbonyl (C=O) groups excluding carboxylic acids is 1. The predicted octanol–water partition coefficient (Wildman–Crippen LogP) is 7.51. The van der Waals surface area contributed by atoms with Gasteiger partial charge in [-0.2, -0.15) is 26.3 Å². The highest BCUT2D eigenvalue weighted by Gasteiger charge is 2.54. The summed E-state index contributed by atoms with van der Waals surface area (Å²) >= 11 is 0. The lowest BCUT2D eigenvalue weighted by molar-refractivity contribution is -0.146. The van der Waals surface area contributed by atoms with Crippen molar-refractivity contribution >= 4 is 5.97 Å². The van der Waals surface area contributed by atoms with Crippen LogP contribution in [0.25, 0.3) is 0 Å². The molecule has 0 N–H and O–H groups in total. The van der Waals surface area contributed by atoms with E-state index in [2.05, 4.69) is 0 Å². The monoisotopic (exact) mass is 587 g/mol. The van der Waals surface area contributed by atoms with Gasteiger partial charge in [-0.3, -0.25) is 9.69 Å². The fourth-order valence-corrected chi connectivity index (χ4v) is 6.36. The van der Waals surface area contributed by atoms with E-state index in [4.69, 9.17) is 9.47 Å². The average molecular weight is 588 g/mol. The number of alkyl halides is 7. The van der Waals surface area contributed by atoms with E-state index >= 15 is 4.39 Å². The van der Waals surface area contributed by atoms with Crippen LogP contribution in [0.1, 0.15) is 72.9 Å². The Balaban J connectivity index is 1.32. The van der Waals surface area contributed by atoms with Crippen LogP contribution < -0.4 is 4.74 Å². The summed E-state index contributed by atoms with van der Waals surface area (Å²) in [6.45, 7) is 2.64. The fourth-order valence-electron chi connectivity index (χ4n) is 6.36. The summed E-state index contributed by atoms with van der Waals surface area (Å²) in [6.07, 6.45) is -7.65. The van der Waals surface area contributed by atoms with E-state index in [0.717, 1.165) is 24.0 Å². The molecule has 1 saturated heterocycles. The van der Waals surface area contributed by atoms with Gasteiger partial charge in [0.2, 0.25) is 0 Å². The van der Waals surface area contributed by atoms with E-state index in [9.17, 15) is 31.1 Å². The van der Waals surface area contributed by atoms with Gasteiger partial charge in [-0.1, -0.05) is 19.1 Å². The number of methoxy groups -OCH3 is 1. The molecule has 1 aliphatic carbocycles. The van der Waals surface area contributed by atoms with E-state index in [1.165, 1.54) is 18.9 Å². The molecule has 2 heterocycles. The fraction of sp³-hybridized carbons (Fsp3) is 0.567. The van der Waals surface area contributed by atoms with Gasteiger partial charge in [-0.05, 0) is 85.4 Å². The molecule has 2 aliphatic heterocycles. The summed E-state index contributed by atoms with van der Waals surface area (Å²) in [4.78, 5) is 13.7. The van der Waals surface area contributed by atoms with Crippen LogP contribution in [0.5, 0.6) is 5.75 Å². The number of aryl methyl sites for hydroxylation is 1. The van der Waals surface area contributed by atoms with E-state index in [0.29, 0.717) is 42.7 Å². The van der Waals surface area contributed by atoms with E-state index in [-0.39, 0.29) is 30.9 Å². The van der Waals surface area contributed by atoms with Gasteiger partial charge < -0.3 is 9.47 Å². The van der Waals surface area contributed by atoms with Crippen molar-refractivity contribution < 1.29 is 45.0 Å². The number of hydrogen-bond acceptors (Lipinski definition) is 4. The molecule has 41 heavy (non-hydrogen) atoms. The van der Waals surface area contributed by atoms with Gasteiger partial charge in [-0.25, -0.2) is 4.39 Å². The minimum atomic E-state index is -4.86. The minimum Gasteiger partial charge on any atom is -0.487 e. The third-order valence-electron chi connectivity index (χ3n) is 8.85. The van der Waals surface area contributed by atoms with Gasteiger partial charge >= 0.3 is 18.3 Å². The van der Waals surface area contributed by atoms with Crippen molar-refractivity contribution in [3.8, 4) is 5.75 Å². The van der Waals surface area contributed by atoms with Crippen molar-refractivity contribution in [2.24, 2.45) is 11.8 Å². The molecular formula is C30H32F7NO3. The number of hydrogen-bond donors (Lipinski definition) is 0. The molecule has 1 saturated carbocycles. The van der Waals surface area contributed by atoms with Gasteiger partial charge in [0.05, 0.1) is 24.2 Å². The van der Waals surface area contributed by atoms with Crippen LogP contribution in [-0.2, 0) is 28.3 Å². The molecule has 4 atom stereocenters. The van der Waals surface area contributed by atoms with E-state index < -0.39 is 46.9 Å². The lowest BCUT2D eigenvalue weighted by Crippen LogP contribution is -2.66. The summed E-state index contributed by atoms with van der Waals surface area (Å²) < 4.78 is 108. The number of likely N-dealkylation sites (tertiary alicyclic amines) is 1. The Hall–Kier alpha value is -2.82. The zero-order chi connectivity index (χ0) is 29.9. The molecule has 0 radical (unpaired) electrons. The van der Waals surface area contributed by atoms with Crippen LogP contribution >= 0.6 is 0 Å².